The Morgan fingerprint density at radius 2 is 1.86 bits per heavy atom. The van der Waals surface area contributed by atoms with Crippen molar-refractivity contribution in [3.05, 3.63) is 0 Å². The summed E-state index contributed by atoms with van der Waals surface area (Å²) in [6.07, 6.45) is 4.01. The molecule has 0 fully saturated rings. The Labute approximate surface area is 86.7 Å². The second kappa shape index (κ2) is 6.82. The van der Waals surface area contributed by atoms with Crippen molar-refractivity contribution >= 4 is 5.97 Å². The van der Waals surface area contributed by atoms with E-state index in [1.54, 1.807) is 0 Å². The van der Waals surface area contributed by atoms with Crippen molar-refractivity contribution in [3.63, 3.8) is 0 Å². The minimum Gasteiger partial charge on any atom is -0.480 e. The molecule has 0 saturated heterocycles. The molecule has 0 radical (unpaired) electrons. The molecule has 3 unspecified atom stereocenters. The summed E-state index contributed by atoms with van der Waals surface area (Å²) in [6, 6.07) is -0.691. The smallest absolute Gasteiger partial charge is 0.320 e. The highest BCUT2D eigenvalue weighted by atomic mass is 16.4. The van der Waals surface area contributed by atoms with Gasteiger partial charge in [0.1, 0.15) is 6.04 Å². The fraction of sp³-hybridized carbons (Fsp3) is 0.909. The van der Waals surface area contributed by atoms with E-state index in [1.807, 2.05) is 6.92 Å². The third kappa shape index (κ3) is 4.61. The Morgan fingerprint density at radius 1 is 1.29 bits per heavy atom. The van der Waals surface area contributed by atoms with Gasteiger partial charge in [-0.25, -0.2) is 0 Å². The molecule has 0 aromatic rings. The van der Waals surface area contributed by atoms with E-state index in [1.165, 1.54) is 0 Å². The SMILES string of the molecule is CCC(C)CCC(CC)C(N)C(=O)O. The first-order valence-electron chi connectivity index (χ1n) is 5.51. The quantitative estimate of drug-likeness (QED) is 0.664. The molecule has 3 heteroatoms. The molecule has 0 aliphatic rings. The maximum atomic E-state index is 10.7. The minimum absolute atomic E-state index is 0.126. The highest BCUT2D eigenvalue weighted by Crippen LogP contribution is 2.19. The summed E-state index contributed by atoms with van der Waals surface area (Å²) in [5.41, 5.74) is 5.60. The van der Waals surface area contributed by atoms with Gasteiger partial charge in [-0.1, -0.05) is 40.0 Å². The maximum Gasteiger partial charge on any atom is 0.320 e. The summed E-state index contributed by atoms with van der Waals surface area (Å²) in [7, 11) is 0. The normalized spacial score (nSPS) is 17.4. The lowest BCUT2D eigenvalue weighted by atomic mass is 9.89. The van der Waals surface area contributed by atoms with Crippen LogP contribution in [0.25, 0.3) is 0 Å². The van der Waals surface area contributed by atoms with Gasteiger partial charge in [0, 0.05) is 0 Å². The van der Waals surface area contributed by atoms with Gasteiger partial charge in [-0.2, -0.15) is 0 Å². The van der Waals surface area contributed by atoms with Crippen LogP contribution in [-0.4, -0.2) is 17.1 Å². The van der Waals surface area contributed by atoms with E-state index in [0.29, 0.717) is 5.92 Å². The van der Waals surface area contributed by atoms with Gasteiger partial charge >= 0.3 is 5.97 Å². The van der Waals surface area contributed by atoms with Gasteiger partial charge < -0.3 is 10.8 Å². The van der Waals surface area contributed by atoms with Gasteiger partial charge in [0.2, 0.25) is 0 Å². The average Bonchev–Trinajstić information content (AvgIpc) is 2.17. The molecule has 0 rings (SSSR count). The van der Waals surface area contributed by atoms with E-state index in [4.69, 9.17) is 10.8 Å². The second-order valence-corrected chi connectivity index (χ2v) is 4.12. The van der Waals surface area contributed by atoms with Crippen molar-refractivity contribution < 1.29 is 9.90 Å². The lowest BCUT2D eigenvalue weighted by Gasteiger charge is -2.20. The van der Waals surface area contributed by atoms with Crippen LogP contribution in [0, 0.1) is 11.8 Å². The summed E-state index contributed by atoms with van der Waals surface area (Å²) in [6.45, 7) is 6.35. The molecule has 0 aromatic carbocycles. The van der Waals surface area contributed by atoms with Crippen LogP contribution in [0.5, 0.6) is 0 Å². The minimum atomic E-state index is -0.874. The number of rotatable bonds is 7. The molecule has 0 heterocycles. The molecule has 84 valence electrons. The van der Waals surface area contributed by atoms with Crippen molar-refractivity contribution in [3.8, 4) is 0 Å². The number of carbonyl (C=O) groups is 1. The number of carboxylic acids is 1. The zero-order valence-electron chi connectivity index (χ0n) is 9.49. The van der Waals surface area contributed by atoms with Gasteiger partial charge in [0.05, 0.1) is 0 Å². The molecule has 3 N–H and O–H groups in total. The highest BCUT2D eigenvalue weighted by molar-refractivity contribution is 5.73. The van der Waals surface area contributed by atoms with Gasteiger partial charge in [-0.15, -0.1) is 0 Å². The van der Waals surface area contributed by atoms with Crippen molar-refractivity contribution in [2.75, 3.05) is 0 Å². The van der Waals surface area contributed by atoms with E-state index in [2.05, 4.69) is 13.8 Å². The van der Waals surface area contributed by atoms with Crippen LogP contribution in [0.3, 0.4) is 0 Å². The second-order valence-electron chi connectivity index (χ2n) is 4.12. The first kappa shape index (κ1) is 13.4. The summed E-state index contributed by atoms with van der Waals surface area (Å²) >= 11 is 0. The zero-order valence-corrected chi connectivity index (χ0v) is 9.49. The molecule has 3 atom stereocenters. The standard InChI is InChI=1S/C11H23NO2/c1-4-8(3)6-7-9(5-2)10(12)11(13)14/h8-10H,4-7,12H2,1-3H3,(H,13,14). The zero-order chi connectivity index (χ0) is 11.1. The van der Waals surface area contributed by atoms with Gasteiger partial charge in [-0.05, 0) is 18.3 Å². The Balaban J connectivity index is 3.96. The molecule has 0 saturated carbocycles. The van der Waals surface area contributed by atoms with E-state index < -0.39 is 12.0 Å². The fourth-order valence-corrected chi connectivity index (χ4v) is 1.54. The van der Waals surface area contributed by atoms with Crippen molar-refractivity contribution in [2.24, 2.45) is 17.6 Å². The Bertz CT molecular complexity index is 171. The summed E-state index contributed by atoms with van der Waals surface area (Å²) in [5, 5.41) is 8.78. The number of aliphatic carboxylic acids is 1. The van der Waals surface area contributed by atoms with Gasteiger partial charge in [-0.3, -0.25) is 4.79 Å². The fourth-order valence-electron chi connectivity index (χ4n) is 1.54. The first-order valence-corrected chi connectivity index (χ1v) is 5.51. The van der Waals surface area contributed by atoms with Crippen LogP contribution in [0.4, 0.5) is 0 Å². The monoisotopic (exact) mass is 201 g/mol. The van der Waals surface area contributed by atoms with E-state index in [0.717, 1.165) is 25.7 Å². The third-order valence-electron chi connectivity index (χ3n) is 3.04. The Hall–Kier alpha value is -0.570. The number of hydrogen-bond acceptors (Lipinski definition) is 2. The summed E-state index contributed by atoms with van der Waals surface area (Å²) < 4.78 is 0. The number of hydrogen-bond donors (Lipinski definition) is 2. The van der Waals surface area contributed by atoms with Crippen LogP contribution in [0.2, 0.25) is 0 Å². The number of nitrogens with two attached hydrogens (primary N) is 1. The van der Waals surface area contributed by atoms with Crippen LogP contribution < -0.4 is 5.73 Å². The average molecular weight is 201 g/mol. The third-order valence-corrected chi connectivity index (χ3v) is 3.04. The first-order chi connectivity index (χ1) is 6.52. The van der Waals surface area contributed by atoms with Crippen LogP contribution in [-0.2, 0) is 4.79 Å². The summed E-state index contributed by atoms with van der Waals surface area (Å²) in [5.74, 6) is -0.0763. The highest BCUT2D eigenvalue weighted by Gasteiger charge is 2.22. The predicted molar refractivity (Wildman–Crippen MR) is 58.1 cm³/mol. The molecular formula is C11H23NO2. The molecule has 0 aromatic heterocycles. The molecule has 0 spiro atoms. The van der Waals surface area contributed by atoms with Crippen molar-refractivity contribution in [1.82, 2.24) is 0 Å². The largest absolute Gasteiger partial charge is 0.480 e. The van der Waals surface area contributed by atoms with Crippen LogP contribution in [0.1, 0.15) is 46.5 Å². The van der Waals surface area contributed by atoms with Crippen LogP contribution in [0.15, 0.2) is 0 Å². The topological polar surface area (TPSA) is 63.3 Å². The summed E-state index contributed by atoms with van der Waals surface area (Å²) in [4.78, 5) is 10.7. The molecule has 0 amide bonds. The van der Waals surface area contributed by atoms with Crippen molar-refractivity contribution in [2.45, 2.75) is 52.5 Å². The van der Waals surface area contributed by atoms with E-state index in [9.17, 15) is 4.79 Å². The maximum absolute atomic E-state index is 10.7. The lowest BCUT2D eigenvalue weighted by molar-refractivity contribution is -0.140. The lowest BCUT2D eigenvalue weighted by Crippen LogP contribution is -2.37. The molecular weight excluding hydrogens is 178 g/mol. The predicted octanol–water partition coefficient (Wildman–Crippen LogP) is 2.25. The Kier molecular flexibility index (Phi) is 6.54. The molecule has 3 nitrogen and oxygen atoms in total. The molecule has 14 heavy (non-hydrogen) atoms. The van der Waals surface area contributed by atoms with E-state index in [-0.39, 0.29) is 5.92 Å². The molecule has 0 aliphatic heterocycles. The van der Waals surface area contributed by atoms with Gasteiger partial charge in [0.25, 0.3) is 0 Å². The Morgan fingerprint density at radius 3 is 2.21 bits per heavy atom. The van der Waals surface area contributed by atoms with Crippen LogP contribution >= 0.6 is 0 Å². The van der Waals surface area contributed by atoms with Gasteiger partial charge in [0.15, 0.2) is 0 Å². The molecule has 0 aliphatic carbocycles. The van der Waals surface area contributed by atoms with E-state index >= 15 is 0 Å². The number of carboxylic acid groups (broad SMARTS) is 1. The molecule has 0 bridgehead atoms. The van der Waals surface area contributed by atoms with Crippen molar-refractivity contribution in [1.29, 1.82) is 0 Å².